The minimum atomic E-state index is -0.0119. The van der Waals surface area contributed by atoms with Crippen LogP contribution in [0.25, 0.3) is 0 Å². The molecule has 1 unspecified atom stereocenters. The quantitative estimate of drug-likeness (QED) is 0.759. The Labute approximate surface area is 100 Å². The molecule has 1 atom stereocenters. The molecule has 0 bridgehead atoms. The van der Waals surface area contributed by atoms with E-state index in [4.69, 9.17) is 11.6 Å². The number of nitrogens with zero attached hydrogens (tertiary/aromatic N) is 2. The van der Waals surface area contributed by atoms with E-state index in [0.717, 1.165) is 31.6 Å². The van der Waals surface area contributed by atoms with E-state index in [1.54, 1.807) is 4.57 Å². The first-order valence-electron chi connectivity index (χ1n) is 5.89. The molecule has 0 aliphatic heterocycles. The average Bonchev–Trinajstić information content (AvgIpc) is 3.04. The highest BCUT2D eigenvalue weighted by Gasteiger charge is 2.29. The first kappa shape index (κ1) is 11.6. The zero-order chi connectivity index (χ0) is 11.7. The lowest BCUT2D eigenvalue weighted by molar-refractivity contribution is 0.443. The van der Waals surface area contributed by atoms with E-state index in [9.17, 15) is 4.79 Å². The molecule has 4 heteroatoms. The monoisotopic (exact) mass is 240 g/mol. The summed E-state index contributed by atoms with van der Waals surface area (Å²) in [4.78, 5) is 16.2. The van der Waals surface area contributed by atoms with Crippen LogP contribution in [0.5, 0.6) is 0 Å². The summed E-state index contributed by atoms with van der Waals surface area (Å²) in [5.41, 5.74) is -0.0119. The lowest BCUT2D eigenvalue weighted by Crippen LogP contribution is -2.26. The van der Waals surface area contributed by atoms with Crippen molar-refractivity contribution < 1.29 is 0 Å². The van der Waals surface area contributed by atoms with Crippen molar-refractivity contribution in [1.82, 2.24) is 9.55 Å². The van der Waals surface area contributed by atoms with Gasteiger partial charge in [-0.1, -0.05) is 31.9 Å². The van der Waals surface area contributed by atoms with Gasteiger partial charge in [-0.05, 0) is 18.8 Å². The molecule has 3 nitrogen and oxygen atoms in total. The first-order valence-corrected chi connectivity index (χ1v) is 6.27. The van der Waals surface area contributed by atoms with Gasteiger partial charge in [-0.25, -0.2) is 4.98 Å². The highest BCUT2D eigenvalue weighted by atomic mass is 35.5. The summed E-state index contributed by atoms with van der Waals surface area (Å²) in [6.45, 7) is 5.04. The van der Waals surface area contributed by atoms with E-state index in [1.165, 1.54) is 6.07 Å². The summed E-state index contributed by atoms with van der Waals surface area (Å²) in [7, 11) is 0. The second-order valence-corrected chi connectivity index (χ2v) is 5.06. The molecule has 1 aliphatic carbocycles. The molecule has 0 N–H and O–H groups in total. The largest absolute Gasteiger partial charge is 0.296 e. The van der Waals surface area contributed by atoms with Crippen LogP contribution in [0.3, 0.4) is 0 Å². The molecule has 0 radical (unpaired) electrons. The van der Waals surface area contributed by atoms with Gasteiger partial charge in [-0.2, -0.15) is 0 Å². The molecule has 1 aromatic rings. The van der Waals surface area contributed by atoms with E-state index < -0.39 is 0 Å². The van der Waals surface area contributed by atoms with Gasteiger partial charge < -0.3 is 0 Å². The molecular formula is C12H17ClN2O. The van der Waals surface area contributed by atoms with Crippen molar-refractivity contribution in [2.24, 2.45) is 5.92 Å². The van der Waals surface area contributed by atoms with Crippen molar-refractivity contribution in [1.29, 1.82) is 0 Å². The van der Waals surface area contributed by atoms with Crippen LogP contribution in [0, 0.1) is 5.92 Å². The Morgan fingerprint density at radius 1 is 1.62 bits per heavy atom. The molecule has 1 fully saturated rings. The van der Waals surface area contributed by atoms with Crippen LogP contribution in [-0.2, 0) is 6.54 Å². The molecule has 0 spiro atoms. The number of hydrogen-bond donors (Lipinski definition) is 0. The second kappa shape index (κ2) is 4.58. The molecular weight excluding hydrogens is 224 g/mol. The zero-order valence-electron chi connectivity index (χ0n) is 9.74. The lowest BCUT2D eigenvalue weighted by atomic mass is 10.1. The van der Waals surface area contributed by atoms with Gasteiger partial charge in [0, 0.05) is 18.5 Å². The third-order valence-electron chi connectivity index (χ3n) is 3.14. The summed E-state index contributed by atoms with van der Waals surface area (Å²) >= 11 is 5.84. The van der Waals surface area contributed by atoms with E-state index in [1.807, 2.05) is 0 Å². The zero-order valence-corrected chi connectivity index (χ0v) is 10.5. The lowest BCUT2D eigenvalue weighted by Gasteiger charge is -2.15. The minimum Gasteiger partial charge on any atom is -0.296 e. The topological polar surface area (TPSA) is 34.9 Å². The molecule has 0 amide bonds. The Hall–Kier alpha value is -0.830. The molecule has 1 saturated carbocycles. The molecule has 1 heterocycles. The Balaban J connectivity index is 2.37. The molecule has 1 aromatic heterocycles. The Kier molecular flexibility index (Phi) is 3.33. The SMILES string of the molecule is CCC(C)Cn1c(C2CC2)nc(Cl)cc1=O. The van der Waals surface area contributed by atoms with Crippen molar-refractivity contribution >= 4 is 11.6 Å². The standard InChI is InChI=1S/C12H17ClN2O/c1-3-8(2)7-15-11(16)6-10(13)14-12(15)9-4-5-9/h6,8-9H,3-5,7H2,1-2H3. The van der Waals surface area contributed by atoms with Crippen LogP contribution in [0.4, 0.5) is 0 Å². The van der Waals surface area contributed by atoms with Crippen molar-refractivity contribution in [3.8, 4) is 0 Å². The maximum Gasteiger partial charge on any atom is 0.254 e. The van der Waals surface area contributed by atoms with Crippen LogP contribution >= 0.6 is 11.6 Å². The second-order valence-electron chi connectivity index (χ2n) is 4.67. The van der Waals surface area contributed by atoms with Crippen LogP contribution in [0.1, 0.15) is 44.9 Å². The Morgan fingerprint density at radius 3 is 2.88 bits per heavy atom. The average molecular weight is 241 g/mol. The van der Waals surface area contributed by atoms with Gasteiger partial charge in [0.1, 0.15) is 11.0 Å². The van der Waals surface area contributed by atoms with Gasteiger partial charge in [-0.15, -0.1) is 0 Å². The summed E-state index contributed by atoms with van der Waals surface area (Å²) in [5.74, 6) is 1.84. The fourth-order valence-corrected chi connectivity index (χ4v) is 1.95. The molecule has 88 valence electrons. The van der Waals surface area contributed by atoms with E-state index >= 15 is 0 Å². The van der Waals surface area contributed by atoms with Crippen molar-refractivity contribution in [3.05, 3.63) is 27.4 Å². The van der Waals surface area contributed by atoms with Gasteiger partial charge in [0.15, 0.2) is 0 Å². The fourth-order valence-electron chi connectivity index (χ4n) is 1.77. The normalized spacial score (nSPS) is 17.4. The minimum absolute atomic E-state index is 0.0119. The predicted octanol–water partition coefficient (Wildman–Crippen LogP) is 2.82. The highest BCUT2D eigenvalue weighted by molar-refractivity contribution is 6.29. The molecule has 16 heavy (non-hydrogen) atoms. The smallest absolute Gasteiger partial charge is 0.254 e. The third-order valence-corrected chi connectivity index (χ3v) is 3.33. The van der Waals surface area contributed by atoms with Crippen LogP contribution in [-0.4, -0.2) is 9.55 Å². The fraction of sp³-hybridized carbons (Fsp3) is 0.667. The molecule has 2 rings (SSSR count). The van der Waals surface area contributed by atoms with Gasteiger partial charge >= 0.3 is 0 Å². The summed E-state index contributed by atoms with van der Waals surface area (Å²) in [6.07, 6.45) is 3.33. The van der Waals surface area contributed by atoms with E-state index in [2.05, 4.69) is 18.8 Å². The van der Waals surface area contributed by atoms with Crippen LogP contribution < -0.4 is 5.56 Å². The van der Waals surface area contributed by atoms with Crippen LogP contribution in [0.15, 0.2) is 10.9 Å². The summed E-state index contributed by atoms with van der Waals surface area (Å²) in [6, 6.07) is 1.41. The number of aromatic nitrogens is 2. The number of halogens is 1. The molecule has 0 aromatic carbocycles. The number of hydrogen-bond acceptors (Lipinski definition) is 2. The third kappa shape index (κ3) is 2.46. The maximum absolute atomic E-state index is 11.9. The van der Waals surface area contributed by atoms with E-state index in [-0.39, 0.29) is 5.56 Å². The highest BCUT2D eigenvalue weighted by Crippen LogP contribution is 2.38. The Bertz CT molecular complexity index is 437. The summed E-state index contributed by atoms with van der Waals surface area (Å²) < 4.78 is 1.80. The maximum atomic E-state index is 11.9. The van der Waals surface area contributed by atoms with Crippen LogP contribution in [0.2, 0.25) is 5.15 Å². The first-order chi connectivity index (χ1) is 7.61. The van der Waals surface area contributed by atoms with Crippen molar-refractivity contribution in [2.45, 2.75) is 45.6 Å². The van der Waals surface area contributed by atoms with E-state index in [0.29, 0.717) is 17.0 Å². The van der Waals surface area contributed by atoms with Gasteiger partial charge in [-0.3, -0.25) is 9.36 Å². The Morgan fingerprint density at radius 2 is 2.31 bits per heavy atom. The van der Waals surface area contributed by atoms with Crippen molar-refractivity contribution in [2.75, 3.05) is 0 Å². The van der Waals surface area contributed by atoms with Crippen molar-refractivity contribution in [3.63, 3.8) is 0 Å². The van der Waals surface area contributed by atoms with Gasteiger partial charge in [0.05, 0.1) is 0 Å². The molecule has 1 aliphatic rings. The molecule has 0 saturated heterocycles. The van der Waals surface area contributed by atoms with Gasteiger partial charge in [0.25, 0.3) is 5.56 Å². The summed E-state index contributed by atoms with van der Waals surface area (Å²) in [5, 5.41) is 0.326. The predicted molar refractivity (Wildman–Crippen MR) is 64.9 cm³/mol. The number of rotatable bonds is 4. The van der Waals surface area contributed by atoms with Gasteiger partial charge in [0.2, 0.25) is 0 Å².